The second kappa shape index (κ2) is 5.87. The molecule has 0 saturated carbocycles. The minimum Gasteiger partial charge on any atom is -0.481 e. The van der Waals surface area contributed by atoms with Crippen LogP contribution < -0.4 is 0 Å². The monoisotopic (exact) mass is 347 g/mol. The summed E-state index contributed by atoms with van der Waals surface area (Å²) in [6.07, 6.45) is -4.32. The van der Waals surface area contributed by atoms with Crippen molar-refractivity contribution < 1.29 is 27.5 Å². The first kappa shape index (κ1) is 15.2. The Balaban J connectivity index is 3.00. The Kier molecular flexibility index (Phi) is 4.97. The quantitative estimate of drug-likeness (QED) is 0.668. The zero-order valence-electron chi connectivity index (χ0n) is 8.59. The topological polar surface area (TPSA) is 50.2 Å². The van der Waals surface area contributed by atoms with Gasteiger partial charge in [0.05, 0.1) is 15.8 Å². The lowest BCUT2D eigenvalue weighted by atomic mass is 10.3. The van der Waals surface area contributed by atoms with Gasteiger partial charge in [-0.1, -0.05) is 0 Å². The Morgan fingerprint density at radius 1 is 1.50 bits per heavy atom. The Bertz CT molecular complexity index is 467. The molecule has 0 aromatic carbocycles. The zero-order chi connectivity index (χ0) is 13.9. The fraction of sp³-hybridized carbons (Fsp3) is 0.333. The van der Waals surface area contributed by atoms with Crippen LogP contribution in [0.1, 0.15) is 12.1 Å². The van der Waals surface area contributed by atoms with Gasteiger partial charge in [-0.2, -0.15) is 13.2 Å². The number of nitrogens with zero attached hydrogens (tertiary/aromatic N) is 1. The fourth-order valence-corrected chi connectivity index (χ4v) is 2.53. The van der Waals surface area contributed by atoms with Crippen molar-refractivity contribution in [3.63, 3.8) is 0 Å². The first-order chi connectivity index (χ1) is 8.23. The molecule has 1 aromatic rings. The van der Waals surface area contributed by atoms with Gasteiger partial charge in [0.15, 0.2) is 11.5 Å². The molecule has 0 aliphatic rings. The number of aliphatic carboxylic acids is 1. The van der Waals surface area contributed by atoms with Crippen LogP contribution in [0, 0.1) is 5.82 Å². The number of carboxylic acids is 1. The number of carbonyl (C=O) groups is 1. The van der Waals surface area contributed by atoms with Crippen molar-refractivity contribution in [2.24, 2.45) is 0 Å². The molecule has 100 valence electrons. The molecule has 0 atom stereocenters. The van der Waals surface area contributed by atoms with Crippen molar-refractivity contribution in [3.8, 4) is 0 Å². The number of hydrogen-bond donors (Lipinski definition) is 1. The van der Waals surface area contributed by atoms with E-state index in [4.69, 9.17) is 5.11 Å². The standard InChI is InChI=1S/C9H6BrF4NO2S/c10-4-3-15-8(9(12,13)14)6(11)7(4)18-2-1-5(16)17/h3H,1-2H2,(H,16,17). The number of thioether (sulfide) groups is 1. The van der Waals surface area contributed by atoms with E-state index >= 15 is 0 Å². The molecule has 0 radical (unpaired) electrons. The Morgan fingerprint density at radius 2 is 2.11 bits per heavy atom. The highest BCUT2D eigenvalue weighted by Gasteiger charge is 2.37. The van der Waals surface area contributed by atoms with Crippen LogP contribution >= 0.6 is 27.7 Å². The maximum atomic E-state index is 13.6. The molecule has 1 N–H and O–H groups in total. The average molecular weight is 348 g/mol. The number of hydrogen-bond acceptors (Lipinski definition) is 3. The van der Waals surface area contributed by atoms with E-state index in [1.807, 2.05) is 0 Å². The molecule has 0 fully saturated rings. The average Bonchev–Trinajstić information content (AvgIpc) is 2.20. The summed E-state index contributed by atoms with van der Waals surface area (Å²) in [6, 6.07) is 0. The van der Waals surface area contributed by atoms with Gasteiger partial charge >= 0.3 is 12.1 Å². The minimum atomic E-state index is -4.88. The van der Waals surface area contributed by atoms with Gasteiger partial charge < -0.3 is 5.11 Å². The third-order valence-electron chi connectivity index (χ3n) is 1.76. The van der Waals surface area contributed by atoms with Crippen molar-refractivity contribution in [3.05, 3.63) is 22.2 Å². The summed E-state index contributed by atoms with van der Waals surface area (Å²) in [5.41, 5.74) is -1.61. The van der Waals surface area contributed by atoms with E-state index in [9.17, 15) is 22.4 Å². The Labute approximate surface area is 112 Å². The molecule has 1 heterocycles. The highest BCUT2D eigenvalue weighted by atomic mass is 79.9. The number of alkyl halides is 3. The van der Waals surface area contributed by atoms with E-state index < -0.39 is 23.7 Å². The van der Waals surface area contributed by atoms with Crippen LogP contribution in [-0.2, 0) is 11.0 Å². The van der Waals surface area contributed by atoms with Crippen LogP contribution in [0.5, 0.6) is 0 Å². The second-order valence-corrected chi connectivity index (χ2v) is 5.05. The van der Waals surface area contributed by atoms with Crippen LogP contribution in [-0.4, -0.2) is 21.8 Å². The molecule has 0 bridgehead atoms. The number of carboxylic acid groups (broad SMARTS) is 1. The molecule has 0 unspecified atom stereocenters. The van der Waals surface area contributed by atoms with Crippen LogP contribution in [0.3, 0.4) is 0 Å². The largest absolute Gasteiger partial charge is 0.481 e. The van der Waals surface area contributed by atoms with Crippen molar-refractivity contribution >= 4 is 33.7 Å². The van der Waals surface area contributed by atoms with E-state index in [0.717, 1.165) is 6.20 Å². The predicted molar refractivity (Wildman–Crippen MR) is 59.9 cm³/mol. The second-order valence-electron chi connectivity index (χ2n) is 3.09. The summed E-state index contributed by atoms with van der Waals surface area (Å²) in [5.74, 6) is -2.64. The SMILES string of the molecule is O=C(O)CCSc1c(Br)cnc(C(F)(F)F)c1F. The zero-order valence-corrected chi connectivity index (χ0v) is 11.0. The van der Waals surface area contributed by atoms with Gasteiger partial charge in [0, 0.05) is 11.9 Å². The highest BCUT2D eigenvalue weighted by Crippen LogP contribution is 2.37. The molecule has 1 aromatic heterocycles. The lowest BCUT2D eigenvalue weighted by Crippen LogP contribution is -2.12. The molecular weight excluding hydrogens is 342 g/mol. The summed E-state index contributed by atoms with van der Waals surface area (Å²) in [5, 5.41) is 8.40. The molecule has 0 aliphatic heterocycles. The maximum absolute atomic E-state index is 13.6. The van der Waals surface area contributed by atoms with E-state index in [1.54, 1.807) is 0 Å². The van der Waals surface area contributed by atoms with Gasteiger partial charge in [-0.3, -0.25) is 4.79 Å². The summed E-state index contributed by atoms with van der Waals surface area (Å²) in [7, 11) is 0. The normalized spacial score (nSPS) is 11.6. The highest BCUT2D eigenvalue weighted by molar-refractivity contribution is 9.10. The lowest BCUT2D eigenvalue weighted by molar-refractivity contribution is -0.144. The Hall–Kier alpha value is -0.830. The number of aromatic nitrogens is 1. The third kappa shape index (κ3) is 3.84. The predicted octanol–water partition coefficient (Wildman–Crippen LogP) is 3.57. The molecule has 0 aliphatic carbocycles. The van der Waals surface area contributed by atoms with Crippen LogP contribution in [0.15, 0.2) is 15.6 Å². The van der Waals surface area contributed by atoms with Crippen LogP contribution in [0.2, 0.25) is 0 Å². The van der Waals surface area contributed by atoms with Gasteiger partial charge in [-0.05, 0) is 15.9 Å². The van der Waals surface area contributed by atoms with Crippen molar-refractivity contribution in [1.29, 1.82) is 0 Å². The molecular formula is C9H6BrF4NO2S. The van der Waals surface area contributed by atoms with Gasteiger partial charge in [-0.15, -0.1) is 11.8 Å². The van der Waals surface area contributed by atoms with Crippen molar-refractivity contribution in [2.45, 2.75) is 17.5 Å². The van der Waals surface area contributed by atoms with E-state index in [1.165, 1.54) is 0 Å². The van der Waals surface area contributed by atoms with Gasteiger partial charge in [0.1, 0.15) is 0 Å². The molecule has 0 amide bonds. The van der Waals surface area contributed by atoms with Crippen LogP contribution in [0.25, 0.3) is 0 Å². The molecule has 18 heavy (non-hydrogen) atoms. The van der Waals surface area contributed by atoms with Crippen molar-refractivity contribution in [1.82, 2.24) is 4.98 Å². The van der Waals surface area contributed by atoms with Crippen molar-refractivity contribution in [2.75, 3.05) is 5.75 Å². The van der Waals surface area contributed by atoms with E-state index in [2.05, 4.69) is 20.9 Å². The first-order valence-corrected chi connectivity index (χ1v) is 6.27. The smallest absolute Gasteiger partial charge is 0.436 e. The summed E-state index contributed by atoms with van der Waals surface area (Å²) in [4.78, 5) is 13.0. The molecule has 9 heteroatoms. The minimum absolute atomic E-state index is 0.0356. The summed E-state index contributed by atoms with van der Waals surface area (Å²) in [6.45, 7) is 0. The summed E-state index contributed by atoms with van der Waals surface area (Å²) >= 11 is 3.57. The maximum Gasteiger partial charge on any atom is 0.436 e. The summed E-state index contributed by atoms with van der Waals surface area (Å²) < 4.78 is 50.8. The lowest BCUT2D eigenvalue weighted by Gasteiger charge is -2.11. The first-order valence-electron chi connectivity index (χ1n) is 4.49. The van der Waals surface area contributed by atoms with E-state index in [0.29, 0.717) is 11.8 Å². The van der Waals surface area contributed by atoms with E-state index in [-0.39, 0.29) is 21.5 Å². The molecule has 0 spiro atoms. The van der Waals surface area contributed by atoms with Gasteiger partial charge in [-0.25, -0.2) is 9.37 Å². The number of rotatable bonds is 4. The molecule has 0 saturated heterocycles. The Morgan fingerprint density at radius 3 is 2.61 bits per heavy atom. The third-order valence-corrected chi connectivity index (χ3v) is 3.72. The van der Waals surface area contributed by atoms with Gasteiger partial charge in [0.25, 0.3) is 0 Å². The van der Waals surface area contributed by atoms with Gasteiger partial charge in [0.2, 0.25) is 0 Å². The van der Waals surface area contributed by atoms with Crippen LogP contribution in [0.4, 0.5) is 17.6 Å². The number of pyridine rings is 1. The molecule has 3 nitrogen and oxygen atoms in total. The number of halogens is 5. The molecule has 1 rings (SSSR count). The fourth-order valence-electron chi connectivity index (χ4n) is 1.02.